The van der Waals surface area contributed by atoms with Crippen molar-refractivity contribution >= 4 is 23.2 Å². The molecule has 2 amide bonds. The van der Waals surface area contributed by atoms with Crippen LogP contribution in [0.1, 0.15) is 55.4 Å². The van der Waals surface area contributed by atoms with Crippen molar-refractivity contribution in [3.8, 4) is 0 Å². The van der Waals surface area contributed by atoms with Crippen LogP contribution in [0.2, 0.25) is 0 Å². The molecule has 1 fully saturated rings. The Bertz CT molecular complexity index is 1120. The summed E-state index contributed by atoms with van der Waals surface area (Å²) in [4.78, 5) is 30.3. The van der Waals surface area contributed by atoms with Crippen molar-refractivity contribution in [2.75, 3.05) is 24.3 Å². The maximum absolute atomic E-state index is 13.9. The summed E-state index contributed by atoms with van der Waals surface area (Å²) in [7, 11) is 3.98. The molecule has 1 heterocycles. The topological polar surface area (TPSA) is 65.8 Å². The van der Waals surface area contributed by atoms with E-state index in [4.69, 9.17) is 4.42 Å². The lowest BCUT2D eigenvalue weighted by molar-refractivity contribution is -0.134. The normalized spacial score (nSPS) is 14.1. The maximum Gasteiger partial charge on any atom is 0.230 e. The summed E-state index contributed by atoms with van der Waals surface area (Å²) < 4.78 is 5.61. The Hall–Kier alpha value is -3.54. The molecular formula is C29H35N3O3. The highest BCUT2D eigenvalue weighted by Gasteiger charge is 2.27. The fourth-order valence-electron chi connectivity index (χ4n) is 4.61. The van der Waals surface area contributed by atoms with Crippen molar-refractivity contribution in [3.63, 3.8) is 0 Å². The molecule has 6 heteroatoms. The van der Waals surface area contributed by atoms with E-state index in [-0.39, 0.29) is 23.7 Å². The van der Waals surface area contributed by atoms with Gasteiger partial charge in [-0.1, -0.05) is 43.7 Å². The third-order valence-corrected chi connectivity index (χ3v) is 6.81. The standard InChI is InChI=1S/C29H35N3O3/c1-4-26(21-10-6-5-7-11-21)29(34)32(20-25-14-9-17-35-25)19-23-18-24(15-16-27(23)31(2)3)30-28(33)22-12-8-13-22/h5-7,9-11,14-18,22,26H,4,8,12-13,19-20H2,1-3H3,(H,30,33). The van der Waals surface area contributed by atoms with Gasteiger partial charge in [0.05, 0.1) is 18.7 Å². The first-order chi connectivity index (χ1) is 17.0. The fraction of sp³-hybridized carbons (Fsp3) is 0.379. The van der Waals surface area contributed by atoms with Gasteiger partial charge in [-0.25, -0.2) is 0 Å². The largest absolute Gasteiger partial charge is 0.467 e. The SMILES string of the molecule is CCC(C(=O)N(Cc1ccco1)Cc1cc(NC(=O)C2CCC2)ccc1N(C)C)c1ccccc1. The van der Waals surface area contributed by atoms with Gasteiger partial charge in [-0.15, -0.1) is 0 Å². The molecule has 1 aliphatic carbocycles. The van der Waals surface area contributed by atoms with Gasteiger partial charge >= 0.3 is 0 Å². The number of anilines is 2. The summed E-state index contributed by atoms with van der Waals surface area (Å²) in [5, 5.41) is 3.08. The van der Waals surface area contributed by atoms with Crippen LogP contribution in [0.4, 0.5) is 11.4 Å². The molecule has 1 aliphatic rings. The van der Waals surface area contributed by atoms with Gasteiger partial charge in [-0.05, 0) is 60.7 Å². The Morgan fingerprint density at radius 2 is 1.80 bits per heavy atom. The maximum atomic E-state index is 13.9. The van der Waals surface area contributed by atoms with E-state index in [0.717, 1.165) is 47.5 Å². The summed E-state index contributed by atoms with van der Waals surface area (Å²) in [5.41, 5.74) is 3.77. The minimum Gasteiger partial charge on any atom is -0.467 e. The van der Waals surface area contributed by atoms with E-state index in [0.29, 0.717) is 19.5 Å². The van der Waals surface area contributed by atoms with Crippen LogP contribution in [-0.2, 0) is 22.7 Å². The molecule has 6 nitrogen and oxygen atoms in total. The van der Waals surface area contributed by atoms with E-state index in [1.54, 1.807) is 6.26 Å². The van der Waals surface area contributed by atoms with Gasteiger partial charge in [0.2, 0.25) is 11.8 Å². The Balaban J connectivity index is 1.63. The smallest absolute Gasteiger partial charge is 0.230 e. The van der Waals surface area contributed by atoms with E-state index in [1.165, 1.54) is 0 Å². The summed E-state index contributed by atoms with van der Waals surface area (Å²) in [6.07, 6.45) is 5.37. The van der Waals surface area contributed by atoms with Crippen LogP contribution >= 0.6 is 0 Å². The number of nitrogens with one attached hydrogen (secondary N) is 1. The highest BCUT2D eigenvalue weighted by Crippen LogP contribution is 2.31. The molecular weight excluding hydrogens is 438 g/mol. The predicted molar refractivity (Wildman–Crippen MR) is 139 cm³/mol. The molecule has 0 radical (unpaired) electrons. The van der Waals surface area contributed by atoms with E-state index in [1.807, 2.05) is 91.5 Å². The zero-order valence-corrected chi connectivity index (χ0v) is 20.9. The van der Waals surface area contributed by atoms with Crippen molar-refractivity contribution in [2.45, 2.75) is 51.6 Å². The highest BCUT2D eigenvalue weighted by atomic mass is 16.3. The van der Waals surface area contributed by atoms with Crippen LogP contribution in [0.3, 0.4) is 0 Å². The second-order valence-electron chi connectivity index (χ2n) is 9.50. The van der Waals surface area contributed by atoms with E-state index in [9.17, 15) is 9.59 Å². The van der Waals surface area contributed by atoms with Crippen LogP contribution < -0.4 is 10.2 Å². The van der Waals surface area contributed by atoms with Crippen LogP contribution in [0.25, 0.3) is 0 Å². The first-order valence-electron chi connectivity index (χ1n) is 12.4. The molecule has 3 aromatic rings. The minimum atomic E-state index is -0.240. The molecule has 2 aromatic carbocycles. The van der Waals surface area contributed by atoms with Gasteiger partial charge in [0.1, 0.15) is 5.76 Å². The lowest BCUT2D eigenvalue weighted by Crippen LogP contribution is -2.34. The van der Waals surface area contributed by atoms with Crippen LogP contribution in [0.15, 0.2) is 71.3 Å². The van der Waals surface area contributed by atoms with Crippen molar-refractivity contribution in [3.05, 3.63) is 83.8 Å². The summed E-state index contributed by atoms with van der Waals surface area (Å²) in [6.45, 7) is 2.83. The summed E-state index contributed by atoms with van der Waals surface area (Å²) in [5.74, 6) is 0.750. The van der Waals surface area contributed by atoms with Crippen molar-refractivity contribution < 1.29 is 14.0 Å². The Labute approximate surface area is 207 Å². The van der Waals surface area contributed by atoms with Gasteiger partial charge < -0.3 is 19.5 Å². The average molecular weight is 474 g/mol. The van der Waals surface area contributed by atoms with Gasteiger partial charge in [-0.2, -0.15) is 0 Å². The van der Waals surface area contributed by atoms with Crippen LogP contribution in [-0.4, -0.2) is 30.8 Å². The molecule has 4 rings (SSSR count). The van der Waals surface area contributed by atoms with Crippen molar-refractivity contribution in [1.29, 1.82) is 0 Å². The Morgan fingerprint density at radius 3 is 2.40 bits per heavy atom. The Kier molecular flexibility index (Phi) is 7.91. The molecule has 35 heavy (non-hydrogen) atoms. The molecule has 0 spiro atoms. The molecule has 1 aromatic heterocycles. The number of rotatable bonds is 10. The summed E-state index contributed by atoms with van der Waals surface area (Å²) in [6, 6.07) is 19.6. The number of hydrogen-bond acceptors (Lipinski definition) is 4. The molecule has 0 saturated heterocycles. The molecule has 1 atom stereocenters. The fourth-order valence-corrected chi connectivity index (χ4v) is 4.61. The van der Waals surface area contributed by atoms with Crippen molar-refractivity contribution in [1.82, 2.24) is 4.90 Å². The van der Waals surface area contributed by atoms with Gasteiger partial charge in [-0.3, -0.25) is 9.59 Å². The average Bonchev–Trinajstić information content (AvgIpc) is 3.32. The molecule has 184 valence electrons. The number of nitrogens with zero attached hydrogens (tertiary/aromatic N) is 2. The number of carbonyl (C=O) groups is 2. The quantitative estimate of drug-likeness (QED) is 0.404. The number of carbonyl (C=O) groups excluding carboxylic acids is 2. The summed E-state index contributed by atoms with van der Waals surface area (Å²) >= 11 is 0. The zero-order valence-electron chi connectivity index (χ0n) is 20.9. The Morgan fingerprint density at radius 1 is 1.03 bits per heavy atom. The van der Waals surface area contributed by atoms with E-state index in [2.05, 4.69) is 5.32 Å². The second kappa shape index (κ2) is 11.3. The van der Waals surface area contributed by atoms with Gasteiger partial charge in [0.25, 0.3) is 0 Å². The molecule has 1 saturated carbocycles. The number of benzene rings is 2. The van der Waals surface area contributed by atoms with E-state index < -0.39 is 0 Å². The van der Waals surface area contributed by atoms with Crippen LogP contribution in [0, 0.1) is 5.92 Å². The number of amides is 2. The monoisotopic (exact) mass is 473 g/mol. The second-order valence-corrected chi connectivity index (χ2v) is 9.50. The third kappa shape index (κ3) is 5.94. The highest BCUT2D eigenvalue weighted by molar-refractivity contribution is 5.93. The number of furan rings is 1. The zero-order chi connectivity index (χ0) is 24.8. The van der Waals surface area contributed by atoms with E-state index >= 15 is 0 Å². The first-order valence-corrected chi connectivity index (χ1v) is 12.4. The lowest BCUT2D eigenvalue weighted by Gasteiger charge is -2.29. The lowest BCUT2D eigenvalue weighted by atomic mass is 9.85. The molecule has 0 aliphatic heterocycles. The van der Waals surface area contributed by atoms with Gasteiger partial charge in [0, 0.05) is 37.9 Å². The van der Waals surface area contributed by atoms with Crippen molar-refractivity contribution in [2.24, 2.45) is 5.92 Å². The molecule has 0 bridgehead atoms. The molecule has 1 unspecified atom stereocenters. The third-order valence-electron chi connectivity index (χ3n) is 6.81. The molecule has 1 N–H and O–H groups in total. The van der Waals surface area contributed by atoms with Gasteiger partial charge in [0.15, 0.2) is 0 Å². The van der Waals surface area contributed by atoms with Crippen LogP contribution in [0.5, 0.6) is 0 Å². The minimum absolute atomic E-state index is 0.0590. The first kappa shape index (κ1) is 24.6. The number of hydrogen-bond donors (Lipinski definition) is 1. The predicted octanol–water partition coefficient (Wildman–Crippen LogP) is 5.81.